The molecule has 0 aromatic carbocycles. The van der Waals surface area contributed by atoms with Crippen molar-refractivity contribution in [2.24, 2.45) is 22.7 Å². The fourth-order valence-corrected chi connectivity index (χ4v) is 3.98. The molecule has 0 saturated heterocycles. The number of carboxylic acids is 1. The highest BCUT2D eigenvalue weighted by Crippen LogP contribution is 2.58. The quantitative estimate of drug-likeness (QED) is 0.0675. The molecule has 0 aliphatic carbocycles. The number of alkyl halides is 13. The zero-order valence-corrected chi connectivity index (χ0v) is 30.4. The van der Waals surface area contributed by atoms with Crippen LogP contribution in [0.15, 0.2) is 0 Å². The van der Waals surface area contributed by atoms with Crippen molar-refractivity contribution in [1.29, 1.82) is 0 Å². The molecule has 0 rings (SSSR count). The summed E-state index contributed by atoms with van der Waals surface area (Å²) in [5, 5.41) is 18.3. The van der Waals surface area contributed by atoms with Gasteiger partial charge in [-0.05, 0) is 47.0 Å². The van der Waals surface area contributed by atoms with Crippen LogP contribution in [-0.2, 0) is 33.4 Å². The number of carbonyl (C=O) groups is 4. The Kier molecular flexibility index (Phi) is 20.0. The molecule has 0 spiro atoms. The van der Waals surface area contributed by atoms with E-state index in [0.717, 1.165) is 11.8 Å². The molecular weight excluding hydrogens is 783 g/mol. The van der Waals surface area contributed by atoms with E-state index in [1.54, 1.807) is 20.8 Å². The summed E-state index contributed by atoms with van der Waals surface area (Å²) >= 11 is 1.15. The monoisotopic (exact) mass is 826 g/mol. The van der Waals surface area contributed by atoms with E-state index in [9.17, 15) is 81.4 Å². The minimum absolute atomic E-state index is 0.00694. The Labute approximate surface area is 300 Å². The number of ether oxygens (including phenoxy) is 3. The third kappa shape index (κ3) is 14.8. The summed E-state index contributed by atoms with van der Waals surface area (Å²) in [5.74, 6) is -37.2. The number of carboxylic acid groups (broad SMARTS) is 1. The maximum atomic E-state index is 13.8. The first kappa shape index (κ1) is 52.4. The first-order chi connectivity index (χ1) is 23.6. The molecule has 0 saturated carbocycles. The Hall–Kier alpha value is -2.72. The largest absolute Gasteiger partial charge is 0.481 e. The number of aliphatic carboxylic acids is 1. The fraction of sp³-hybridized carbons (Fsp3) is 0.867. The average molecular weight is 827 g/mol. The van der Waals surface area contributed by atoms with Gasteiger partial charge in [-0.25, -0.2) is 8.78 Å². The molecule has 3 unspecified atom stereocenters. The third-order valence-electron chi connectivity index (χ3n) is 7.70. The highest BCUT2D eigenvalue weighted by molar-refractivity contribution is 7.99. The van der Waals surface area contributed by atoms with Crippen LogP contribution >= 0.6 is 11.8 Å². The van der Waals surface area contributed by atoms with Crippen LogP contribution in [-0.4, -0.2) is 108 Å². The van der Waals surface area contributed by atoms with E-state index in [2.05, 4.69) is 4.74 Å². The molecule has 0 aromatic rings. The lowest BCUT2D eigenvalue weighted by atomic mass is 9.87. The van der Waals surface area contributed by atoms with Gasteiger partial charge in [-0.15, -0.1) is 11.8 Å². The Morgan fingerprint density at radius 2 is 1.11 bits per heavy atom. The van der Waals surface area contributed by atoms with Gasteiger partial charge >= 0.3 is 60.2 Å². The van der Waals surface area contributed by atoms with Crippen molar-refractivity contribution in [3.05, 3.63) is 0 Å². The Bertz CT molecular complexity index is 1200. The van der Waals surface area contributed by atoms with E-state index < -0.39 is 102 Å². The molecule has 9 nitrogen and oxygen atoms in total. The van der Waals surface area contributed by atoms with E-state index in [0.29, 0.717) is 12.2 Å². The molecule has 0 radical (unpaired) electrons. The second kappa shape index (κ2) is 20.3. The molecule has 2 N–H and O–H groups in total. The predicted molar refractivity (Wildman–Crippen MR) is 161 cm³/mol. The lowest BCUT2D eigenvalue weighted by Crippen LogP contribution is -2.67. The maximum Gasteiger partial charge on any atom is 0.397 e. The third-order valence-corrected chi connectivity index (χ3v) is 8.88. The van der Waals surface area contributed by atoms with E-state index in [1.807, 2.05) is 6.92 Å². The normalized spacial score (nSPS) is 15.1. The number of thioether (sulfide) groups is 1. The van der Waals surface area contributed by atoms with Gasteiger partial charge in [0.25, 0.3) is 0 Å². The van der Waals surface area contributed by atoms with Gasteiger partial charge in [0.1, 0.15) is 25.2 Å². The minimum atomic E-state index is -7.55. The molecule has 0 bridgehead atoms. The van der Waals surface area contributed by atoms with Gasteiger partial charge in [-0.1, -0.05) is 20.8 Å². The smallest absolute Gasteiger partial charge is 0.397 e. The van der Waals surface area contributed by atoms with Crippen LogP contribution in [0.3, 0.4) is 0 Å². The van der Waals surface area contributed by atoms with Crippen molar-refractivity contribution < 1.29 is 101 Å². The summed E-state index contributed by atoms with van der Waals surface area (Å²) in [7, 11) is 0. The Morgan fingerprint density at radius 3 is 1.51 bits per heavy atom. The van der Waals surface area contributed by atoms with Gasteiger partial charge in [-0.3, -0.25) is 19.2 Å². The van der Waals surface area contributed by atoms with Crippen molar-refractivity contribution >= 4 is 35.6 Å². The number of aliphatic hydroxyl groups is 1. The number of aliphatic hydroxyl groups excluding tert-OH is 1. The van der Waals surface area contributed by atoms with Crippen LogP contribution < -0.4 is 0 Å². The van der Waals surface area contributed by atoms with E-state index in [4.69, 9.17) is 14.6 Å². The van der Waals surface area contributed by atoms with Crippen LogP contribution in [0, 0.1) is 22.7 Å². The zero-order chi connectivity index (χ0) is 42.6. The summed E-state index contributed by atoms with van der Waals surface area (Å²) in [6.07, 6.45) is -14.6. The first-order valence-corrected chi connectivity index (χ1v) is 16.6. The van der Waals surface area contributed by atoms with Gasteiger partial charge in [0.05, 0.1) is 29.1 Å². The summed E-state index contributed by atoms with van der Waals surface area (Å²) in [4.78, 5) is 45.3. The molecule has 23 heteroatoms. The summed E-state index contributed by atoms with van der Waals surface area (Å²) < 4.78 is 183. The average Bonchev–Trinajstić information content (AvgIpc) is 3.03. The molecular formula is C30H43F13O9S. The van der Waals surface area contributed by atoms with Crippen molar-refractivity contribution in [2.75, 3.05) is 31.3 Å². The standard InChI is InChI=1S/C15H17F13O2.C15H26O7S/c1-4-10(2,3)9(29)30-6-5-7(13(22,23)24)11(18,19)14(25,26)15(27,28)12(20,21)8(16)17;1-5-15(3,4)14(20)22-7-11(16)6-21-12(17)9-23-8-10(2)13(18)19/h7-8H,4-6H2,1-3H3;10-11,16H,5-9H2,1-4H3,(H,18,19). The molecule has 314 valence electrons. The van der Waals surface area contributed by atoms with Crippen LogP contribution in [0.2, 0.25) is 0 Å². The van der Waals surface area contributed by atoms with Gasteiger partial charge in [-0.2, -0.15) is 48.3 Å². The molecule has 0 fully saturated rings. The van der Waals surface area contributed by atoms with E-state index in [-0.39, 0.29) is 25.4 Å². The molecule has 3 atom stereocenters. The van der Waals surface area contributed by atoms with Crippen LogP contribution in [0.4, 0.5) is 57.1 Å². The Morgan fingerprint density at radius 1 is 0.698 bits per heavy atom. The highest BCUT2D eigenvalue weighted by atomic mass is 32.2. The zero-order valence-electron chi connectivity index (χ0n) is 29.5. The maximum absolute atomic E-state index is 13.8. The lowest BCUT2D eigenvalue weighted by Gasteiger charge is -2.40. The predicted octanol–water partition coefficient (Wildman–Crippen LogP) is 7.66. The Balaban J connectivity index is 0. The van der Waals surface area contributed by atoms with Crippen LogP contribution in [0.5, 0.6) is 0 Å². The van der Waals surface area contributed by atoms with Gasteiger partial charge < -0.3 is 24.4 Å². The lowest BCUT2D eigenvalue weighted by molar-refractivity contribution is -0.405. The number of esters is 3. The van der Waals surface area contributed by atoms with Gasteiger partial charge in [0, 0.05) is 5.75 Å². The number of hydrogen-bond donors (Lipinski definition) is 2. The first-order valence-electron chi connectivity index (χ1n) is 15.5. The number of carbonyl (C=O) groups excluding carboxylic acids is 3. The van der Waals surface area contributed by atoms with Crippen molar-refractivity contribution in [2.45, 2.75) is 110 Å². The van der Waals surface area contributed by atoms with Crippen LogP contribution in [0.1, 0.15) is 67.7 Å². The highest BCUT2D eigenvalue weighted by Gasteiger charge is 2.85. The molecule has 53 heavy (non-hydrogen) atoms. The fourth-order valence-electron chi connectivity index (χ4n) is 3.11. The molecule has 0 amide bonds. The summed E-state index contributed by atoms with van der Waals surface area (Å²) in [6, 6.07) is 0. The molecule has 0 heterocycles. The van der Waals surface area contributed by atoms with E-state index >= 15 is 0 Å². The van der Waals surface area contributed by atoms with Crippen molar-refractivity contribution in [1.82, 2.24) is 0 Å². The van der Waals surface area contributed by atoms with Crippen LogP contribution in [0.25, 0.3) is 0 Å². The molecule has 0 aromatic heterocycles. The molecule has 0 aliphatic heterocycles. The van der Waals surface area contributed by atoms with Gasteiger partial charge in [0.15, 0.2) is 0 Å². The SMILES string of the molecule is CCC(C)(C)C(=O)OCC(O)COC(=O)CSCC(C)C(=O)O.CCC(C)(C)C(=O)OCCC(C(F)(F)F)C(F)(F)C(F)(F)C(F)(F)C(F)(F)C(F)F. The molecule has 0 aliphatic rings. The second-order valence-corrected chi connectivity index (χ2v) is 13.9. The van der Waals surface area contributed by atoms with Crippen molar-refractivity contribution in [3.8, 4) is 0 Å². The van der Waals surface area contributed by atoms with E-state index in [1.165, 1.54) is 20.8 Å². The summed E-state index contributed by atoms with van der Waals surface area (Å²) in [6.45, 7) is 8.67. The van der Waals surface area contributed by atoms with Gasteiger partial charge in [0.2, 0.25) is 0 Å². The minimum Gasteiger partial charge on any atom is -0.481 e. The van der Waals surface area contributed by atoms with Crippen molar-refractivity contribution in [3.63, 3.8) is 0 Å². The second-order valence-electron chi connectivity index (χ2n) is 12.9. The summed E-state index contributed by atoms with van der Waals surface area (Å²) in [5.41, 5.74) is -1.94. The number of rotatable bonds is 21. The number of halogens is 13. The number of hydrogen-bond acceptors (Lipinski definition) is 9. The topological polar surface area (TPSA) is 136 Å².